The minimum Gasteiger partial charge on any atom is -0.352 e. The molecule has 0 unspecified atom stereocenters. The van der Waals surface area contributed by atoms with Crippen molar-refractivity contribution in [3.05, 3.63) is 34.9 Å². The normalized spacial score (nSPS) is 19.2. The number of rotatable bonds is 4. The number of carbonyl (C=O) groups is 1. The van der Waals surface area contributed by atoms with Crippen LogP contribution in [-0.2, 0) is 11.2 Å². The van der Waals surface area contributed by atoms with Crippen molar-refractivity contribution < 1.29 is 4.79 Å². The van der Waals surface area contributed by atoms with E-state index >= 15 is 0 Å². The van der Waals surface area contributed by atoms with Crippen LogP contribution < -0.4 is 10.6 Å². The Labute approximate surface area is 115 Å². The van der Waals surface area contributed by atoms with Gasteiger partial charge in [-0.1, -0.05) is 23.8 Å². The quantitative estimate of drug-likeness (QED) is 0.870. The summed E-state index contributed by atoms with van der Waals surface area (Å²) >= 11 is 0. The van der Waals surface area contributed by atoms with Crippen LogP contribution in [0.25, 0.3) is 0 Å². The maximum atomic E-state index is 11.9. The highest BCUT2D eigenvalue weighted by molar-refractivity contribution is 5.76. The van der Waals surface area contributed by atoms with Crippen LogP contribution in [-0.4, -0.2) is 25.0 Å². The molecule has 104 valence electrons. The molecule has 1 atom stereocenters. The molecule has 19 heavy (non-hydrogen) atoms. The third kappa shape index (κ3) is 4.35. The van der Waals surface area contributed by atoms with E-state index < -0.39 is 0 Å². The van der Waals surface area contributed by atoms with Crippen molar-refractivity contribution >= 4 is 5.91 Å². The highest BCUT2D eigenvalue weighted by atomic mass is 16.1. The van der Waals surface area contributed by atoms with Crippen molar-refractivity contribution in [1.29, 1.82) is 0 Å². The van der Waals surface area contributed by atoms with Crippen LogP contribution in [0, 0.1) is 13.8 Å². The molecule has 1 fully saturated rings. The van der Waals surface area contributed by atoms with E-state index in [2.05, 4.69) is 42.7 Å². The van der Waals surface area contributed by atoms with Gasteiger partial charge in [-0.05, 0) is 50.8 Å². The first-order valence-corrected chi connectivity index (χ1v) is 7.21. The summed E-state index contributed by atoms with van der Waals surface area (Å²) in [4.78, 5) is 11.9. The Bertz CT molecular complexity index is 436. The van der Waals surface area contributed by atoms with E-state index in [4.69, 9.17) is 0 Å². The summed E-state index contributed by atoms with van der Waals surface area (Å²) in [6.07, 6.45) is 3.67. The van der Waals surface area contributed by atoms with Crippen molar-refractivity contribution in [2.24, 2.45) is 0 Å². The predicted molar refractivity (Wildman–Crippen MR) is 78.3 cm³/mol. The number of piperidine rings is 1. The molecule has 1 amide bonds. The smallest absolute Gasteiger partial charge is 0.220 e. The van der Waals surface area contributed by atoms with Crippen molar-refractivity contribution in [2.45, 2.75) is 45.6 Å². The standard InChI is InChI=1S/C16H24N2O/c1-12-5-6-14(13(2)10-12)7-8-16(19)18-15-4-3-9-17-11-15/h5-6,10,15,17H,3-4,7-9,11H2,1-2H3,(H,18,19)/t15-/m1/s1. The molecule has 1 aromatic carbocycles. The number of amides is 1. The molecule has 3 nitrogen and oxygen atoms in total. The largest absolute Gasteiger partial charge is 0.352 e. The fraction of sp³-hybridized carbons (Fsp3) is 0.562. The van der Waals surface area contributed by atoms with Crippen molar-refractivity contribution in [3.63, 3.8) is 0 Å². The van der Waals surface area contributed by atoms with Crippen LogP contribution in [0.5, 0.6) is 0 Å². The van der Waals surface area contributed by atoms with Gasteiger partial charge in [0.05, 0.1) is 0 Å². The molecule has 1 heterocycles. The van der Waals surface area contributed by atoms with E-state index in [9.17, 15) is 4.79 Å². The second-order valence-corrected chi connectivity index (χ2v) is 5.54. The summed E-state index contributed by atoms with van der Waals surface area (Å²) in [6, 6.07) is 6.75. The highest BCUT2D eigenvalue weighted by Crippen LogP contribution is 2.12. The maximum absolute atomic E-state index is 11.9. The van der Waals surface area contributed by atoms with Gasteiger partial charge in [-0.3, -0.25) is 4.79 Å². The topological polar surface area (TPSA) is 41.1 Å². The lowest BCUT2D eigenvalue weighted by Gasteiger charge is -2.23. The fourth-order valence-corrected chi connectivity index (χ4v) is 2.65. The molecule has 1 aliphatic heterocycles. The van der Waals surface area contributed by atoms with Crippen LogP contribution in [0.2, 0.25) is 0 Å². The molecular formula is C16H24N2O. The van der Waals surface area contributed by atoms with Crippen LogP contribution >= 0.6 is 0 Å². The number of nitrogens with one attached hydrogen (secondary N) is 2. The zero-order valence-electron chi connectivity index (χ0n) is 12.0. The third-order valence-corrected chi connectivity index (χ3v) is 3.78. The average molecular weight is 260 g/mol. The van der Waals surface area contributed by atoms with Crippen molar-refractivity contribution in [2.75, 3.05) is 13.1 Å². The van der Waals surface area contributed by atoms with Crippen LogP contribution in [0.1, 0.15) is 36.0 Å². The van der Waals surface area contributed by atoms with Crippen LogP contribution in [0.3, 0.4) is 0 Å². The molecule has 1 aliphatic rings. The zero-order chi connectivity index (χ0) is 13.7. The van der Waals surface area contributed by atoms with E-state index in [0.717, 1.165) is 32.4 Å². The molecule has 2 rings (SSSR count). The van der Waals surface area contributed by atoms with E-state index in [1.165, 1.54) is 16.7 Å². The molecule has 0 spiro atoms. The van der Waals surface area contributed by atoms with Gasteiger partial charge in [-0.15, -0.1) is 0 Å². The van der Waals surface area contributed by atoms with Crippen LogP contribution in [0.4, 0.5) is 0 Å². The zero-order valence-corrected chi connectivity index (χ0v) is 12.0. The maximum Gasteiger partial charge on any atom is 0.220 e. The van der Waals surface area contributed by atoms with Gasteiger partial charge in [0.25, 0.3) is 0 Å². The summed E-state index contributed by atoms with van der Waals surface area (Å²) in [7, 11) is 0. The van der Waals surface area contributed by atoms with Gasteiger partial charge in [0.2, 0.25) is 5.91 Å². The Kier molecular flexibility index (Phi) is 4.97. The Hall–Kier alpha value is -1.35. The number of hydrogen-bond donors (Lipinski definition) is 2. The second-order valence-electron chi connectivity index (χ2n) is 5.54. The highest BCUT2D eigenvalue weighted by Gasteiger charge is 2.15. The Morgan fingerprint density at radius 1 is 1.42 bits per heavy atom. The average Bonchev–Trinajstić information content (AvgIpc) is 2.39. The SMILES string of the molecule is Cc1ccc(CCC(=O)N[C@@H]2CCCNC2)c(C)c1. The third-order valence-electron chi connectivity index (χ3n) is 3.78. The first kappa shape index (κ1) is 14.1. The van der Waals surface area contributed by atoms with Crippen molar-refractivity contribution in [1.82, 2.24) is 10.6 Å². The minimum atomic E-state index is 0.175. The van der Waals surface area contributed by atoms with Gasteiger partial charge in [0, 0.05) is 19.0 Å². The lowest BCUT2D eigenvalue weighted by atomic mass is 10.0. The van der Waals surface area contributed by atoms with Gasteiger partial charge in [0.15, 0.2) is 0 Å². The number of benzene rings is 1. The molecule has 1 aromatic rings. The molecule has 1 saturated heterocycles. The summed E-state index contributed by atoms with van der Waals surface area (Å²) < 4.78 is 0. The number of aryl methyl sites for hydroxylation is 3. The summed E-state index contributed by atoms with van der Waals surface area (Å²) in [5.41, 5.74) is 3.84. The first-order valence-electron chi connectivity index (χ1n) is 7.21. The summed E-state index contributed by atoms with van der Waals surface area (Å²) in [5.74, 6) is 0.175. The van der Waals surface area contributed by atoms with E-state index in [1.807, 2.05) is 0 Å². The fourth-order valence-electron chi connectivity index (χ4n) is 2.65. The predicted octanol–water partition coefficient (Wildman–Crippen LogP) is 2.10. The number of hydrogen-bond acceptors (Lipinski definition) is 2. The molecular weight excluding hydrogens is 236 g/mol. The molecule has 0 radical (unpaired) electrons. The molecule has 0 saturated carbocycles. The Morgan fingerprint density at radius 2 is 2.26 bits per heavy atom. The lowest BCUT2D eigenvalue weighted by molar-refractivity contribution is -0.121. The Balaban J connectivity index is 1.79. The monoisotopic (exact) mass is 260 g/mol. The van der Waals surface area contributed by atoms with Gasteiger partial charge in [-0.2, -0.15) is 0 Å². The van der Waals surface area contributed by atoms with E-state index in [-0.39, 0.29) is 5.91 Å². The lowest BCUT2D eigenvalue weighted by Crippen LogP contribution is -2.45. The number of carbonyl (C=O) groups excluding carboxylic acids is 1. The molecule has 0 aromatic heterocycles. The van der Waals surface area contributed by atoms with Gasteiger partial charge in [-0.25, -0.2) is 0 Å². The van der Waals surface area contributed by atoms with E-state index in [1.54, 1.807) is 0 Å². The first-order chi connectivity index (χ1) is 9.15. The van der Waals surface area contributed by atoms with E-state index in [0.29, 0.717) is 12.5 Å². The Morgan fingerprint density at radius 3 is 2.95 bits per heavy atom. The summed E-state index contributed by atoms with van der Waals surface area (Å²) in [5, 5.41) is 6.43. The van der Waals surface area contributed by atoms with Crippen molar-refractivity contribution in [3.8, 4) is 0 Å². The van der Waals surface area contributed by atoms with Gasteiger partial charge in [0.1, 0.15) is 0 Å². The molecule has 2 N–H and O–H groups in total. The summed E-state index contributed by atoms with van der Waals surface area (Å²) in [6.45, 7) is 6.20. The van der Waals surface area contributed by atoms with Crippen LogP contribution in [0.15, 0.2) is 18.2 Å². The molecule has 3 heteroatoms. The molecule has 0 aliphatic carbocycles. The van der Waals surface area contributed by atoms with Gasteiger partial charge >= 0.3 is 0 Å². The second kappa shape index (κ2) is 6.71. The van der Waals surface area contributed by atoms with Gasteiger partial charge < -0.3 is 10.6 Å². The molecule has 0 bridgehead atoms. The minimum absolute atomic E-state index is 0.175.